The van der Waals surface area contributed by atoms with Crippen LogP contribution in [0.4, 0.5) is 0 Å². The minimum atomic E-state index is -0.00727. The molecule has 0 atom stereocenters. The minimum absolute atomic E-state index is 0.00727. The van der Waals surface area contributed by atoms with Gasteiger partial charge in [-0.2, -0.15) is 0 Å². The molecule has 0 aliphatic carbocycles. The van der Waals surface area contributed by atoms with Crippen LogP contribution in [0.15, 0.2) is 42.9 Å². The molecule has 3 aromatic rings. The molecule has 4 heterocycles. The van der Waals surface area contributed by atoms with Gasteiger partial charge in [-0.25, -0.2) is 4.98 Å². The first-order valence-corrected chi connectivity index (χ1v) is 10.1. The van der Waals surface area contributed by atoms with E-state index in [-0.39, 0.29) is 11.8 Å². The molecule has 2 aliphatic rings. The van der Waals surface area contributed by atoms with Crippen LogP contribution in [0.1, 0.15) is 41.0 Å². The molecular weight excluding hydrogens is 366 g/mol. The Morgan fingerprint density at radius 2 is 1.93 bits per heavy atom. The van der Waals surface area contributed by atoms with Crippen LogP contribution in [0.3, 0.4) is 0 Å². The van der Waals surface area contributed by atoms with Crippen LogP contribution in [0.5, 0.6) is 0 Å². The van der Waals surface area contributed by atoms with Gasteiger partial charge in [0.15, 0.2) is 0 Å². The SMILES string of the molecule is O=C1CCCN1Cc1ncn2c1CN(C(=O)c1cccc3cccnc13)CCC2. The Bertz CT molecular complexity index is 1080. The molecule has 0 unspecified atom stereocenters. The van der Waals surface area contributed by atoms with Crippen LogP contribution in [0.25, 0.3) is 10.9 Å². The van der Waals surface area contributed by atoms with E-state index in [1.165, 1.54) is 0 Å². The van der Waals surface area contributed by atoms with Crippen molar-refractivity contribution in [1.82, 2.24) is 24.3 Å². The fourth-order valence-corrected chi connectivity index (χ4v) is 4.32. The summed E-state index contributed by atoms with van der Waals surface area (Å²) < 4.78 is 2.13. The summed E-state index contributed by atoms with van der Waals surface area (Å²) >= 11 is 0. The van der Waals surface area contributed by atoms with Crippen LogP contribution >= 0.6 is 0 Å². The first-order chi connectivity index (χ1) is 14.2. The molecule has 0 spiro atoms. The summed E-state index contributed by atoms with van der Waals surface area (Å²) in [5.74, 6) is 0.183. The lowest BCUT2D eigenvalue weighted by atomic mass is 10.1. The van der Waals surface area contributed by atoms with Crippen molar-refractivity contribution in [1.29, 1.82) is 0 Å². The zero-order chi connectivity index (χ0) is 19.8. The van der Waals surface area contributed by atoms with Crippen molar-refractivity contribution >= 4 is 22.7 Å². The zero-order valence-electron chi connectivity index (χ0n) is 16.3. The maximum Gasteiger partial charge on any atom is 0.256 e. The number of aryl methyl sites for hydroxylation is 1. The van der Waals surface area contributed by atoms with E-state index < -0.39 is 0 Å². The molecule has 1 saturated heterocycles. The van der Waals surface area contributed by atoms with Gasteiger partial charge in [-0.05, 0) is 25.0 Å². The molecule has 1 fully saturated rings. The monoisotopic (exact) mass is 389 g/mol. The number of imidazole rings is 1. The van der Waals surface area contributed by atoms with Gasteiger partial charge in [0.25, 0.3) is 5.91 Å². The zero-order valence-corrected chi connectivity index (χ0v) is 16.3. The number of amides is 2. The lowest BCUT2D eigenvalue weighted by molar-refractivity contribution is -0.128. The van der Waals surface area contributed by atoms with Gasteiger partial charge in [-0.3, -0.25) is 14.6 Å². The molecule has 0 radical (unpaired) electrons. The van der Waals surface area contributed by atoms with Crippen molar-refractivity contribution in [2.24, 2.45) is 0 Å². The van der Waals surface area contributed by atoms with E-state index in [0.717, 1.165) is 48.2 Å². The Morgan fingerprint density at radius 3 is 2.79 bits per heavy atom. The molecule has 0 bridgehead atoms. The van der Waals surface area contributed by atoms with Crippen LogP contribution in [-0.4, -0.2) is 49.2 Å². The van der Waals surface area contributed by atoms with Crippen LogP contribution in [-0.2, 0) is 24.4 Å². The second-order valence-electron chi connectivity index (χ2n) is 7.71. The molecular formula is C22H23N5O2. The predicted molar refractivity (Wildman–Crippen MR) is 108 cm³/mol. The first-order valence-electron chi connectivity index (χ1n) is 10.1. The summed E-state index contributed by atoms with van der Waals surface area (Å²) in [7, 11) is 0. The fourth-order valence-electron chi connectivity index (χ4n) is 4.32. The van der Waals surface area contributed by atoms with Crippen molar-refractivity contribution < 1.29 is 9.59 Å². The van der Waals surface area contributed by atoms with Crippen LogP contribution in [0, 0.1) is 0 Å². The van der Waals surface area contributed by atoms with Crippen molar-refractivity contribution in [3.8, 4) is 0 Å². The smallest absolute Gasteiger partial charge is 0.256 e. The summed E-state index contributed by atoms with van der Waals surface area (Å²) in [6.45, 7) is 3.33. The van der Waals surface area contributed by atoms with E-state index in [1.54, 1.807) is 6.20 Å². The molecule has 7 nitrogen and oxygen atoms in total. The van der Waals surface area contributed by atoms with Crippen molar-refractivity contribution in [2.45, 2.75) is 38.9 Å². The number of benzene rings is 1. The number of nitrogens with zero attached hydrogens (tertiary/aromatic N) is 5. The number of para-hydroxylation sites is 1. The highest BCUT2D eigenvalue weighted by atomic mass is 16.2. The Labute approximate surface area is 169 Å². The Balaban J connectivity index is 1.44. The number of hydrogen-bond donors (Lipinski definition) is 0. The predicted octanol–water partition coefficient (Wildman–Crippen LogP) is 2.60. The molecule has 7 heteroatoms. The fraction of sp³-hybridized carbons (Fsp3) is 0.364. The molecule has 0 saturated carbocycles. The Kier molecular flexibility index (Phi) is 4.50. The molecule has 0 N–H and O–H groups in total. The van der Waals surface area contributed by atoms with Crippen molar-refractivity contribution in [2.75, 3.05) is 13.1 Å². The highest BCUT2D eigenvalue weighted by Crippen LogP contribution is 2.23. The average Bonchev–Trinajstić information content (AvgIpc) is 3.25. The second-order valence-corrected chi connectivity index (χ2v) is 7.71. The number of carbonyl (C=O) groups excluding carboxylic acids is 2. The van der Waals surface area contributed by atoms with Gasteiger partial charge in [0.2, 0.25) is 5.91 Å². The molecule has 5 rings (SSSR count). The van der Waals surface area contributed by atoms with Gasteiger partial charge in [0.05, 0.1) is 41.9 Å². The molecule has 2 amide bonds. The summed E-state index contributed by atoms with van der Waals surface area (Å²) in [6, 6.07) is 9.59. The van der Waals surface area contributed by atoms with Gasteiger partial charge in [0.1, 0.15) is 0 Å². The lowest BCUT2D eigenvalue weighted by Gasteiger charge is -2.22. The lowest BCUT2D eigenvalue weighted by Crippen LogP contribution is -2.32. The van der Waals surface area contributed by atoms with Gasteiger partial charge >= 0.3 is 0 Å². The number of likely N-dealkylation sites (tertiary alicyclic amines) is 1. The summed E-state index contributed by atoms with van der Waals surface area (Å²) in [5, 5.41) is 0.964. The van der Waals surface area contributed by atoms with Gasteiger partial charge in [-0.1, -0.05) is 18.2 Å². The van der Waals surface area contributed by atoms with Crippen molar-refractivity contribution in [3.05, 3.63) is 59.8 Å². The van der Waals surface area contributed by atoms with Crippen LogP contribution in [0.2, 0.25) is 0 Å². The largest absolute Gasteiger partial charge is 0.337 e. The third-order valence-corrected chi connectivity index (χ3v) is 5.86. The van der Waals surface area contributed by atoms with E-state index in [0.29, 0.717) is 31.6 Å². The third kappa shape index (κ3) is 3.26. The average molecular weight is 389 g/mol. The van der Waals surface area contributed by atoms with E-state index in [9.17, 15) is 9.59 Å². The third-order valence-electron chi connectivity index (χ3n) is 5.86. The maximum atomic E-state index is 13.4. The molecule has 29 heavy (non-hydrogen) atoms. The van der Waals surface area contributed by atoms with Gasteiger partial charge < -0.3 is 14.4 Å². The summed E-state index contributed by atoms with van der Waals surface area (Å²) in [6.07, 6.45) is 5.97. The van der Waals surface area contributed by atoms with Crippen molar-refractivity contribution in [3.63, 3.8) is 0 Å². The molecule has 2 aromatic heterocycles. The topological polar surface area (TPSA) is 71.3 Å². The molecule has 2 aliphatic heterocycles. The number of carbonyl (C=O) groups is 2. The number of pyridine rings is 1. The first kappa shape index (κ1) is 17.8. The molecule has 1 aromatic carbocycles. The van der Waals surface area contributed by atoms with E-state index >= 15 is 0 Å². The van der Waals surface area contributed by atoms with E-state index in [2.05, 4.69) is 14.5 Å². The summed E-state index contributed by atoms with van der Waals surface area (Å²) in [5.41, 5.74) is 3.30. The highest BCUT2D eigenvalue weighted by molar-refractivity contribution is 6.05. The Hall–Kier alpha value is -3.22. The second kappa shape index (κ2) is 7.31. The van der Waals surface area contributed by atoms with Gasteiger partial charge in [-0.15, -0.1) is 0 Å². The molecule has 148 valence electrons. The number of rotatable bonds is 3. The Morgan fingerprint density at radius 1 is 1.03 bits per heavy atom. The van der Waals surface area contributed by atoms with E-state index in [1.807, 2.05) is 46.5 Å². The van der Waals surface area contributed by atoms with Gasteiger partial charge in [0, 0.05) is 37.6 Å². The number of fused-ring (bicyclic) bond motifs is 2. The normalized spacial score (nSPS) is 16.9. The number of hydrogen-bond acceptors (Lipinski definition) is 4. The van der Waals surface area contributed by atoms with Crippen LogP contribution < -0.4 is 0 Å². The number of aromatic nitrogens is 3. The quantitative estimate of drug-likeness (QED) is 0.690. The highest BCUT2D eigenvalue weighted by Gasteiger charge is 2.27. The van der Waals surface area contributed by atoms with E-state index in [4.69, 9.17) is 0 Å². The standard InChI is InChI=1S/C22H23N5O2/c28-20-8-3-10-25(20)13-18-19-14-26(11-4-12-27(19)15-24-18)22(29)17-7-1-5-16-6-2-9-23-21(16)17/h1-2,5-7,9,15H,3-4,8,10-14H2. The minimum Gasteiger partial charge on any atom is -0.337 e. The summed E-state index contributed by atoms with van der Waals surface area (Å²) in [4.78, 5) is 38.2. The maximum absolute atomic E-state index is 13.4.